The maximum absolute atomic E-state index is 12.9. The molecule has 1 rings (SSSR count). The van der Waals surface area contributed by atoms with Gasteiger partial charge in [-0.3, -0.25) is 0 Å². The van der Waals surface area contributed by atoms with E-state index in [9.17, 15) is 17.2 Å². The van der Waals surface area contributed by atoms with Gasteiger partial charge in [0.25, 0.3) is 0 Å². The average Bonchev–Trinajstić information content (AvgIpc) is 2.48. The molecule has 0 saturated heterocycles. The molecule has 0 aromatic carbocycles. The van der Waals surface area contributed by atoms with E-state index in [1.807, 2.05) is 0 Å². The van der Waals surface area contributed by atoms with Crippen LogP contribution in [0.3, 0.4) is 0 Å². The van der Waals surface area contributed by atoms with Crippen LogP contribution in [0.15, 0.2) is 20.9 Å². The highest BCUT2D eigenvalue weighted by molar-refractivity contribution is 7.91. The number of primary sulfonamides is 1. The second-order valence-electron chi connectivity index (χ2n) is 2.24. The van der Waals surface area contributed by atoms with Gasteiger partial charge in [-0.05, 0) is 23.0 Å². The van der Waals surface area contributed by atoms with E-state index in [0.29, 0.717) is 11.3 Å². The fourth-order valence-electron chi connectivity index (χ4n) is 0.780. The Kier molecular flexibility index (Phi) is 3.25. The van der Waals surface area contributed by atoms with Crippen molar-refractivity contribution in [2.24, 2.45) is 5.14 Å². The van der Waals surface area contributed by atoms with Crippen molar-refractivity contribution >= 4 is 38.8 Å². The molecule has 0 aliphatic carbocycles. The lowest BCUT2D eigenvalue weighted by Crippen LogP contribution is -2.11. The molecule has 0 radical (unpaired) electrons. The first-order valence-electron chi connectivity index (χ1n) is 3.15. The zero-order valence-electron chi connectivity index (χ0n) is 6.50. The van der Waals surface area contributed by atoms with E-state index in [0.717, 1.165) is 6.07 Å². The minimum absolute atomic E-state index is 0.453. The van der Waals surface area contributed by atoms with Crippen LogP contribution < -0.4 is 5.14 Å². The van der Waals surface area contributed by atoms with E-state index in [-0.39, 0.29) is 0 Å². The standard InChI is InChI=1S/C6H4ClF2NO2S2/c7-5(9)4(8)3-1-2-13-6(3)14(10,11)12/h1-2H,(H2,10,11,12). The zero-order chi connectivity index (χ0) is 10.9. The third-order valence-corrected chi connectivity index (χ3v) is 3.88. The number of thiophene rings is 1. The van der Waals surface area contributed by atoms with Crippen LogP contribution in [0.1, 0.15) is 5.56 Å². The van der Waals surface area contributed by atoms with E-state index in [1.165, 1.54) is 5.38 Å². The first-order chi connectivity index (χ1) is 6.34. The van der Waals surface area contributed by atoms with E-state index in [4.69, 9.17) is 16.7 Å². The summed E-state index contributed by atoms with van der Waals surface area (Å²) >= 11 is 5.44. The molecular formula is C6H4ClF2NO2S2. The van der Waals surface area contributed by atoms with Crippen molar-refractivity contribution in [3.8, 4) is 0 Å². The third-order valence-electron chi connectivity index (χ3n) is 1.29. The number of hydrogen-bond acceptors (Lipinski definition) is 3. The molecule has 78 valence electrons. The predicted octanol–water partition coefficient (Wildman–Crippen LogP) is 2.20. The molecule has 0 aliphatic rings. The summed E-state index contributed by atoms with van der Waals surface area (Å²) in [6, 6.07) is 1.09. The van der Waals surface area contributed by atoms with Crippen molar-refractivity contribution in [2.75, 3.05) is 0 Å². The second kappa shape index (κ2) is 3.93. The molecule has 1 aromatic rings. The van der Waals surface area contributed by atoms with E-state index < -0.39 is 30.9 Å². The Bertz CT molecular complexity index is 476. The molecule has 8 heteroatoms. The minimum atomic E-state index is -4.05. The summed E-state index contributed by atoms with van der Waals surface area (Å²) in [5, 5.41) is 4.44. The van der Waals surface area contributed by atoms with Crippen LogP contribution in [0.5, 0.6) is 0 Å². The van der Waals surface area contributed by atoms with Gasteiger partial charge in [0.2, 0.25) is 15.3 Å². The van der Waals surface area contributed by atoms with Crippen molar-refractivity contribution in [3.05, 3.63) is 22.3 Å². The molecule has 0 amide bonds. The van der Waals surface area contributed by atoms with E-state index >= 15 is 0 Å². The summed E-state index contributed by atoms with van der Waals surface area (Å²) in [7, 11) is -4.05. The Morgan fingerprint density at radius 2 is 2.07 bits per heavy atom. The normalized spacial score (nSPS) is 14.0. The van der Waals surface area contributed by atoms with Crippen LogP contribution in [0, 0.1) is 0 Å². The summed E-state index contributed by atoms with van der Waals surface area (Å²) in [4.78, 5) is 0. The van der Waals surface area contributed by atoms with Gasteiger partial charge in [0.05, 0.1) is 0 Å². The molecule has 0 spiro atoms. The molecule has 2 N–H and O–H groups in total. The van der Waals surface area contributed by atoms with Crippen LogP contribution in [0.4, 0.5) is 8.78 Å². The van der Waals surface area contributed by atoms with E-state index in [1.54, 1.807) is 0 Å². The molecule has 1 heterocycles. The molecule has 0 bridgehead atoms. The Morgan fingerprint density at radius 3 is 2.50 bits per heavy atom. The van der Waals surface area contributed by atoms with Gasteiger partial charge in [0.1, 0.15) is 4.21 Å². The maximum atomic E-state index is 12.9. The number of hydrogen-bond donors (Lipinski definition) is 1. The quantitative estimate of drug-likeness (QED) is 0.885. The fraction of sp³-hybridized carbons (Fsp3) is 0. The number of nitrogens with two attached hydrogens (primary N) is 1. The molecule has 3 nitrogen and oxygen atoms in total. The number of halogens is 3. The second-order valence-corrected chi connectivity index (χ2v) is 5.25. The summed E-state index contributed by atoms with van der Waals surface area (Å²) in [6.45, 7) is 0. The fourth-order valence-corrected chi connectivity index (χ4v) is 2.66. The Labute approximate surface area is 87.8 Å². The van der Waals surface area contributed by atoms with Crippen molar-refractivity contribution in [2.45, 2.75) is 4.21 Å². The smallest absolute Gasteiger partial charge is 0.224 e. The van der Waals surface area contributed by atoms with Gasteiger partial charge in [0, 0.05) is 5.56 Å². The first-order valence-corrected chi connectivity index (χ1v) is 5.96. The Hall–Kier alpha value is -0.500. The van der Waals surface area contributed by atoms with Crippen LogP contribution >= 0.6 is 22.9 Å². The molecule has 0 saturated carbocycles. The van der Waals surface area contributed by atoms with Crippen molar-refractivity contribution in [1.29, 1.82) is 0 Å². The molecule has 0 fully saturated rings. The van der Waals surface area contributed by atoms with Gasteiger partial charge in [-0.15, -0.1) is 11.3 Å². The number of sulfonamides is 1. The highest BCUT2D eigenvalue weighted by Crippen LogP contribution is 2.32. The molecule has 0 atom stereocenters. The van der Waals surface area contributed by atoms with Crippen molar-refractivity contribution in [1.82, 2.24) is 0 Å². The highest BCUT2D eigenvalue weighted by atomic mass is 35.5. The largest absolute Gasteiger partial charge is 0.248 e. The van der Waals surface area contributed by atoms with Crippen LogP contribution in [0.2, 0.25) is 0 Å². The van der Waals surface area contributed by atoms with Gasteiger partial charge in [0.15, 0.2) is 5.83 Å². The van der Waals surface area contributed by atoms with Crippen LogP contribution in [-0.4, -0.2) is 8.42 Å². The van der Waals surface area contributed by atoms with Crippen LogP contribution in [0.25, 0.3) is 5.83 Å². The topological polar surface area (TPSA) is 60.2 Å². The molecule has 0 unspecified atom stereocenters. The monoisotopic (exact) mass is 259 g/mol. The lowest BCUT2D eigenvalue weighted by molar-refractivity contribution is 0.598. The summed E-state index contributed by atoms with van der Waals surface area (Å²) in [5.41, 5.74) is -0.454. The minimum Gasteiger partial charge on any atom is -0.224 e. The SMILES string of the molecule is NS(=O)(=O)c1sccc1C(F)=C(F)Cl. The van der Waals surface area contributed by atoms with Gasteiger partial charge < -0.3 is 0 Å². The van der Waals surface area contributed by atoms with Crippen molar-refractivity contribution in [3.63, 3.8) is 0 Å². The van der Waals surface area contributed by atoms with Crippen molar-refractivity contribution < 1.29 is 17.2 Å². The summed E-state index contributed by atoms with van der Waals surface area (Å²) in [6.07, 6.45) is 0. The summed E-state index contributed by atoms with van der Waals surface area (Å²) < 4.78 is 46.5. The van der Waals surface area contributed by atoms with Crippen LogP contribution in [-0.2, 0) is 10.0 Å². The zero-order valence-corrected chi connectivity index (χ0v) is 8.89. The van der Waals surface area contributed by atoms with Gasteiger partial charge in [-0.25, -0.2) is 17.9 Å². The highest BCUT2D eigenvalue weighted by Gasteiger charge is 2.20. The average molecular weight is 260 g/mol. The van der Waals surface area contributed by atoms with Gasteiger partial charge in [-0.1, -0.05) is 0 Å². The molecule has 1 aromatic heterocycles. The van der Waals surface area contributed by atoms with Gasteiger partial charge >= 0.3 is 0 Å². The first kappa shape index (κ1) is 11.6. The maximum Gasteiger partial charge on any atom is 0.248 e. The Balaban J connectivity index is 3.40. The molecule has 14 heavy (non-hydrogen) atoms. The molecule has 0 aliphatic heterocycles. The van der Waals surface area contributed by atoms with E-state index in [2.05, 4.69) is 0 Å². The predicted molar refractivity (Wildman–Crippen MR) is 50.7 cm³/mol. The number of rotatable bonds is 2. The third kappa shape index (κ3) is 2.30. The molecular weight excluding hydrogens is 256 g/mol. The summed E-state index contributed by atoms with van der Waals surface area (Å²) in [5.74, 6) is -1.43. The Morgan fingerprint density at radius 1 is 1.50 bits per heavy atom. The van der Waals surface area contributed by atoms with Gasteiger partial charge in [-0.2, -0.15) is 4.39 Å². The lowest BCUT2D eigenvalue weighted by atomic mass is 10.3. The lowest BCUT2D eigenvalue weighted by Gasteiger charge is -1.97.